The summed E-state index contributed by atoms with van der Waals surface area (Å²) >= 11 is 0. The van der Waals surface area contributed by atoms with Crippen molar-refractivity contribution in [1.29, 1.82) is 0 Å². The third-order valence-corrected chi connectivity index (χ3v) is 2.32. The van der Waals surface area contributed by atoms with Crippen LogP contribution in [0.1, 0.15) is 6.92 Å². The summed E-state index contributed by atoms with van der Waals surface area (Å²) in [7, 11) is 0. The Morgan fingerprint density at radius 2 is 2.19 bits per heavy atom. The zero-order valence-corrected chi connectivity index (χ0v) is 8.97. The molecule has 0 spiro atoms. The van der Waals surface area contributed by atoms with Gasteiger partial charge in [-0.05, 0) is 31.2 Å². The summed E-state index contributed by atoms with van der Waals surface area (Å²) in [5.74, 6) is -0.198. The fraction of sp³-hybridized carbons (Fsp3) is 0.167. The van der Waals surface area contributed by atoms with Gasteiger partial charge in [0.25, 0.3) is 0 Å². The molecule has 16 heavy (non-hydrogen) atoms. The number of amides is 1. The van der Waals surface area contributed by atoms with Crippen molar-refractivity contribution in [3.8, 4) is 0 Å². The molecule has 0 radical (unpaired) electrons. The van der Waals surface area contributed by atoms with Crippen LogP contribution in [0.4, 0.5) is 5.69 Å². The largest absolute Gasteiger partial charge is 0.324 e. The molecular formula is C12H13N3O. The molecule has 4 heteroatoms. The second-order valence-corrected chi connectivity index (χ2v) is 3.65. The third-order valence-electron chi connectivity index (χ3n) is 2.32. The zero-order valence-electron chi connectivity index (χ0n) is 8.97. The summed E-state index contributed by atoms with van der Waals surface area (Å²) in [6.45, 7) is 1.65. The average molecular weight is 215 g/mol. The topological polar surface area (TPSA) is 68.0 Å². The van der Waals surface area contributed by atoms with E-state index in [-0.39, 0.29) is 5.91 Å². The minimum atomic E-state index is -0.521. The highest BCUT2D eigenvalue weighted by molar-refractivity contribution is 6.02. The maximum atomic E-state index is 11.5. The average Bonchev–Trinajstić information content (AvgIpc) is 2.29. The number of carbonyl (C=O) groups is 1. The van der Waals surface area contributed by atoms with Crippen LogP contribution >= 0.6 is 0 Å². The molecule has 0 aliphatic heterocycles. The van der Waals surface area contributed by atoms with Crippen molar-refractivity contribution in [3.05, 3.63) is 36.5 Å². The number of nitrogens with two attached hydrogens (primary N) is 1. The number of aromatic nitrogens is 1. The lowest BCUT2D eigenvalue weighted by Gasteiger charge is -2.09. The summed E-state index contributed by atoms with van der Waals surface area (Å²) < 4.78 is 0. The smallest absolute Gasteiger partial charge is 0.241 e. The maximum absolute atomic E-state index is 11.5. The van der Waals surface area contributed by atoms with Crippen LogP contribution in [-0.2, 0) is 4.79 Å². The Bertz CT molecular complexity index is 517. The normalized spacial score (nSPS) is 12.4. The van der Waals surface area contributed by atoms with Crippen LogP contribution in [0.3, 0.4) is 0 Å². The van der Waals surface area contributed by atoms with Gasteiger partial charge in [0.2, 0.25) is 5.91 Å². The van der Waals surface area contributed by atoms with Crippen molar-refractivity contribution in [1.82, 2.24) is 4.98 Å². The minimum Gasteiger partial charge on any atom is -0.324 e. The Morgan fingerprint density at radius 3 is 2.94 bits per heavy atom. The lowest BCUT2D eigenvalue weighted by Crippen LogP contribution is -2.32. The zero-order chi connectivity index (χ0) is 11.5. The molecule has 0 saturated heterocycles. The van der Waals surface area contributed by atoms with Gasteiger partial charge in [0.05, 0.1) is 17.2 Å². The number of hydrogen-bond donors (Lipinski definition) is 2. The maximum Gasteiger partial charge on any atom is 0.241 e. The first kappa shape index (κ1) is 10.6. The first-order chi connectivity index (χ1) is 7.68. The molecule has 2 aromatic rings. The summed E-state index contributed by atoms with van der Waals surface area (Å²) in [5, 5.41) is 3.70. The van der Waals surface area contributed by atoms with Gasteiger partial charge < -0.3 is 11.1 Å². The number of fused-ring (bicyclic) bond motifs is 1. The van der Waals surface area contributed by atoms with Gasteiger partial charge in [0, 0.05) is 11.6 Å². The predicted octanol–water partition coefficient (Wildman–Crippen LogP) is 1.52. The summed E-state index contributed by atoms with van der Waals surface area (Å²) in [6.07, 6.45) is 1.72. The molecule has 0 aliphatic rings. The number of rotatable bonds is 2. The number of anilines is 1. The first-order valence-electron chi connectivity index (χ1n) is 5.08. The quantitative estimate of drug-likeness (QED) is 0.798. The summed E-state index contributed by atoms with van der Waals surface area (Å²) in [4.78, 5) is 15.7. The molecule has 1 aromatic heterocycles. The van der Waals surface area contributed by atoms with Gasteiger partial charge in [-0.3, -0.25) is 9.78 Å². The van der Waals surface area contributed by atoms with Crippen molar-refractivity contribution in [2.24, 2.45) is 5.73 Å². The molecule has 0 saturated carbocycles. The van der Waals surface area contributed by atoms with Gasteiger partial charge in [-0.1, -0.05) is 6.07 Å². The first-order valence-corrected chi connectivity index (χ1v) is 5.08. The third kappa shape index (κ3) is 2.01. The predicted molar refractivity (Wildman–Crippen MR) is 64.0 cm³/mol. The second kappa shape index (κ2) is 4.28. The number of nitrogens with zero attached hydrogens (tertiary/aromatic N) is 1. The van der Waals surface area contributed by atoms with Gasteiger partial charge >= 0.3 is 0 Å². The highest BCUT2D eigenvalue weighted by Gasteiger charge is 2.09. The number of pyridine rings is 1. The van der Waals surface area contributed by atoms with Crippen LogP contribution in [0.15, 0.2) is 36.5 Å². The van der Waals surface area contributed by atoms with E-state index in [2.05, 4.69) is 10.3 Å². The lowest BCUT2D eigenvalue weighted by atomic mass is 10.1. The van der Waals surface area contributed by atoms with E-state index in [1.165, 1.54) is 0 Å². The van der Waals surface area contributed by atoms with Gasteiger partial charge in [0.1, 0.15) is 0 Å². The molecule has 0 bridgehead atoms. The van der Waals surface area contributed by atoms with Gasteiger partial charge in [-0.2, -0.15) is 0 Å². The van der Waals surface area contributed by atoms with Crippen LogP contribution < -0.4 is 11.1 Å². The Morgan fingerprint density at radius 1 is 1.38 bits per heavy atom. The van der Waals surface area contributed by atoms with E-state index in [9.17, 15) is 4.79 Å². The van der Waals surface area contributed by atoms with Gasteiger partial charge in [-0.25, -0.2) is 0 Å². The lowest BCUT2D eigenvalue weighted by molar-refractivity contribution is -0.117. The highest BCUT2D eigenvalue weighted by atomic mass is 16.2. The van der Waals surface area contributed by atoms with Crippen molar-refractivity contribution in [2.45, 2.75) is 13.0 Å². The molecule has 82 valence electrons. The van der Waals surface area contributed by atoms with Gasteiger partial charge in [0.15, 0.2) is 0 Å². The SMILES string of the molecule is C[C@H](N)C(=O)Nc1cccc2ncccc12. The Kier molecular flexibility index (Phi) is 2.83. The highest BCUT2D eigenvalue weighted by Crippen LogP contribution is 2.21. The molecule has 0 aliphatic carbocycles. The van der Waals surface area contributed by atoms with Crippen LogP contribution in [0.25, 0.3) is 10.9 Å². The van der Waals surface area contributed by atoms with E-state index in [1.807, 2.05) is 30.3 Å². The number of carbonyl (C=O) groups excluding carboxylic acids is 1. The van der Waals surface area contributed by atoms with Crippen molar-refractivity contribution in [3.63, 3.8) is 0 Å². The van der Waals surface area contributed by atoms with E-state index in [0.717, 1.165) is 16.6 Å². The molecule has 4 nitrogen and oxygen atoms in total. The summed E-state index contributed by atoms with van der Waals surface area (Å²) in [5.41, 5.74) is 7.10. The monoisotopic (exact) mass is 215 g/mol. The van der Waals surface area contributed by atoms with Crippen molar-refractivity contribution >= 4 is 22.5 Å². The van der Waals surface area contributed by atoms with E-state index in [0.29, 0.717) is 0 Å². The molecule has 1 atom stereocenters. The summed E-state index contributed by atoms with van der Waals surface area (Å²) in [6, 6.07) is 8.82. The van der Waals surface area contributed by atoms with Crippen molar-refractivity contribution < 1.29 is 4.79 Å². The van der Waals surface area contributed by atoms with Crippen LogP contribution in [0.5, 0.6) is 0 Å². The van der Waals surface area contributed by atoms with E-state index in [4.69, 9.17) is 5.73 Å². The van der Waals surface area contributed by atoms with Crippen LogP contribution in [0.2, 0.25) is 0 Å². The molecule has 1 aromatic carbocycles. The fourth-order valence-corrected chi connectivity index (χ4v) is 1.46. The number of benzene rings is 1. The molecular weight excluding hydrogens is 202 g/mol. The van der Waals surface area contributed by atoms with Crippen molar-refractivity contribution in [2.75, 3.05) is 5.32 Å². The number of hydrogen-bond acceptors (Lipinski definition) is 3. The van der Waals surface area contributed by atoms with Gasteiger partial charge in [-0.15, -0.1) is 0 Å². The fourth-order valence-electron chi connectivity index (χ4n) is 1.46. The molecule has 0 unspecified atom stereocenters. The Labute approximate surface area is 93.5 Å². The second-order valence-electron chi connectivity index (χ2n) is 3.65. The van der Waals surface area contributed by atoms with E-state index in [1.54, 1.807) is 13.1 Å². The number of nitrogens with one attached hydrogen (secondary N) is 1. The standard InChI is InChI=1S/C12H13N3O/c1-8(13)12(16)15-11-6-2-5-10-9(11)4-3-7-14-10/h2-8H,13H2,1H3,(H,15,16)/t8-/m0/s1. The minimum absolute atomic E-state index is 0.198. The Balaban J connectivity index is 2.41. The molecule has 1 heterocycles. The molecule has 1 amide bonds. The van der Waals surface area contributed by atoms with Crippen LogP contribution in [-0.4, -0.2) is 16.9 Å². The molecule has 2 rings (SSSR count). The Hall–Kier alpha value is -1.94. The van der Waals surface area contributed by atoms with Crippen LogP contribution in [0, 0.1) is 0 Å². The van der Waals surface area contributed by atoms with E-state index < -0.39 is 6.04 Å². The molecule has 0 fully saturated rings. The molecule has 3 N–H and O–H groups in total. The van der Waals surface area contributed by atoms with E-state index >= 15 is 0 Å².